The smallest absolute Gasteiger partial charge is 0.184 e. The lowest BCUT2D eigenvalue weighted by atomic mass is 10.2. The van der Waals surface area contributed by atoms with E-state index in [0.29, 0.717) is 6.61 Å². The maximum Gasteiger partial charge on any atom is 0.184 e. The van der Waals surface area contributed by atoms with Crippen molar-refractivity contribution in [1.82, 2.24) is 0 Å². The van der Waals surface area contributed by atoms with Crippen LogP contribution >= 0.6 is 0 Å². The van der Waals surface area contributed by atoms with E-state index in [4.69, 9.17) is 13.9 Å². The molecule has 0 radical (unpaired) electrons. The van der Waals surface area contributed by atoms with Crippen LogP contribution < -0.4 is 9.47 Å². The molecule has 4 heteroatoms. The van der Waals surface area contributed by atoms with Gasteiger partial charge in [0.15, 0.2) is 8.32 Å². The van der Waals surface area contributed by atoms with Gasteiger partial charge in [0.05, 0.1) is 20.8 Å². The SMILES string of the molecule is COc1ccc(OC)c(CO[Si](C)(C)C)c1. The molecular formula is C12H20O3Si. The molecule has 0 aliphatic heterocycles. The van der Waals surface area contributed by atoms with Crippen molar-refractivity contribution < 1.29 is 13.9 Å². The fourth-order valence-corrected chi connectivity index (χ4v) is 1.88. The van der Waals surface area contributed by atoms with Gasteiger partial charge in [0, 0.05) is 5.56 Å². The summed E-state index contributed by atoms with van der Waals surface area (Å²) in [6, 6.07) is 5.75. The Morgan fingerprint density at radius 1 is 1.06 bits per heavy atom. The molecule has 0 amide bonds. The van der Waals surface area contributed by atoms with E-state index in [-0.39, 0.29) is 0 Å². The predicted molar refractivity (Wildman–Crippen MR) is 67.7 cm³/mol. The standard InChI is InChI=1S/C12H20O3Si/c1-13-11-6-7-12(14-2)10(8-11)9-15-16(3,4)5/h6-8H,9H2,1-5H3. The molecule has 0 aliphatic carbocycles. The number of hydrogen-bond acceptors (Lipinski definition) is 3. The summed E-state index contributed by atoms with van der Waals surface area (Å²) in [4.78, 5) is 0. The maximum atomic E-state index is 5.86. The first-order chi connectivity index (χ1) is 7.46. The molecule has 1 aromatic rings. The summed E-state index contributed by atoms with van der Waals surface area (Å²) in [6.45, 7) is 7.08. The molecule has 0 heterocycles. The number of benzene rings is 1. The molecule has 0 fully saturated rings. The molecule has 0 unspecified atom stereocenters. The van der Waals surface area contributed by atoms with Crippen LogP contribution in [0.3, 0.4) is 0 Å². The molecule has 0 saturated carbocycles. The summed E-state index contributed by atoms with van der Waals surface area (Å²) < 4.78 is 16.3. The largest absolute Gasteiger partial charge is 0.497 e. The number of rotatable bonds is 5. The Labute approximate surface area is 98.5 Å². The van der Waals surface area contributed by atoms with E-state index >= 15 is 0 Å². The van der Waals surface area contributed by atoms with Gasteiger partial charge in [-0.2, -0.15) is 0 Å². The Hall–Kier alpha value is -1.00. The third-order valence-electron chi connectivity index (χ3n) is 2.15. The van der Waals surface area contributed by atoms with E-state index in [2.05, 4.69) is 19.6 Å². The molecule has 0 spiro atoms. The van der Waals surface area contributed by atoms with Crippen LogP contribution in [0.5, 0.6) is 11.5 Å². The third kappa shape index (κ3) is 3.87. The Morgan fingerprint density at radius 3 is 2.25 bits per heavy atom. The van der Waals surface area contributed by atoms with Gasteiger partial charge in [0.25, 0.3) is 0 Å². The summed E-state index contributed by atoms with van der Waals surface area (Å²) in [7, 11) is 1.82. The lowest BCUT2D eigenvalue weighted by Crippen LogP contribution is -2.24. The summed E-state index contributed by atoms with van der Waals surface area (Å²) in [5.74, 6) is 1.68. The lowest BCUT2D eigenvalue weighted by Gasteiger charge is -2.18. The Balaban J connectivity index is 2.83. The highest BCUT2D eigenvalue weighted by atomic mass is 28.4. The van der Waals surface area contributed by atoms with Gasteiger partial charge in [-0.15, -0.1) is 0 Å². The molecule has 1 rings (SSSR count). The monoisotopic (exact) mass is 240 g/mol. The summed E-state index contributed by atoms with van der Waals surface area (Å²) in [6.07, 6.45) is 0. The van der Waals surface area contributed by atoms with E-state index in [9.17, 15) is 0 Å². The van der Waals surface area contributed by atoms with Crippen LogP contribution in [-0.4, -0.2) is 22.5 Å². The fraction of sp³-hybridized carbons (Fsp3) is 0.500. The Bertz CT molecular complexity index is 345. The lowest BCUT2D eigenvalue weighted by molar-refractivity contribution is 0.289. The fourth-order valence-electron chi connectivity index (χ4n) is 1.29. The van der Waals surface area contributed by atoms with Gasteiger partial charge >= 0.3 is 0 Å². The van der Waals surface area contributed by atoms with Crippen molar-refractivity contribution in [3.05, 3.63) is 23.8 Å². The van der Waals surface area contributed by atoms with Crippen molar-refractivity contribution in [3.8, 4) is 11.5 Å². The topological polar surface area (TPSA) is 27.7 Å². The van der Waals surface area contributed by atoms with Gasteiger partial charge in [-0.3, -0.25) is 0 Å². The van der Waals surface area contributed by atoms with Crippen LogP contribution in [0.15, 0.2) is 18.2 Å². The Kier molecular flexibility index (Phi) is 4.38. The molecule has 0 N–H and O–H groups in total. The Morgan fingerprint density at radius 2 is 1.75 bits per heavy atom. The zero-order valence-electron chi connectivity index (χ0n) is 10.7. The molecule has 0 aliphatic rings. The van der Waals surface area contributed by atoms with E-state index in [0.717, 1.165) is 17.1 Å². The molecule has 0 atom stereocenters. The second-order valence-corrected chi connectivity index (χ2v) is 9.09. The van der Waals surface area contributed by atoms with E-state index in [1.165, 1.54) is 0 Å². The summed E-state index contributed by atoms with van der Waals surface area (Å²) in [5.41, 5.74) is 1.03. The molecule has 1 aromatic carbocycles. The van der Waals surface area contributed by atoms with E-state index in [1.807, 2.05) is 18.2 Å². The number of hydrogen-bond donors (Lipinski definition) is 0. The minimum absolute atomic E-state index is 0.579. The first-order valence-corrected chi connectivity index (χ1v) is 8.72. The van der Waals surface area contributed by atoms with Gasteiger partial charge in [-0.1, -0.05) is 0 Å². The quantitative estimate of drug-likeness (QED) is 0.740. The highest BCUT2D eigenvalue weighted by Crippen LogP contribution is 2.25. The van der Waals surface area contributed by atoms with Crippen LogP contribution in [0.2, 0.25) is 19.6 Å². The van der Waals surface area contributed by atoms with E-state index in [1.54, 1.807) is 14.2 Å². The normalized spacial score (nSPS) is 11.3. The number of methoxy groups -OCH3 is 2. The highest BCUT2D eigenvalue weighted by molar-refractivity contribution is 6.69. The molecule has 0 saturated heterocycles. The van der Waals surface area contributed by atoms with Crippen molar-refractivity contribution in [2.24, 2.45) is 0 Å². The second-order valence-electron chi connectivity index (χ2n) is 4.58. The van der Waals surface area contributed by atoms with Crippen molar-refractivity contribution in [1.29, 1.82) is 0 Å². The third-order valence-corrected chi connectivity index (χ3v) is 3.16. The van der Waals surface area contributed by atoms with Crippen LogP contribution in [0.1, 0.15) is 5.56 Å². The zero-order valence-corrected chi connectivity index (χ0v) is 11.7. The first kappa shape index (κ1) is 13.1. The minimum atomic E-state index is -1.50. The molecule has 16 heavy (non-hydrogen) atoms. The van der Waals surface area contributed by atoms with Crippen molar-refractivity contribution in [2.45, 2.75) is 26.2 Å². The van der Waals surface area contributed by atoms with Crippen molar-refractivity contribution >= 4 is 8.32 Å². The molecule has 0 bridgehead atoms. The van der Waals surface area contributed by atoms with Gasteiger partial charge < -0.3 is 13.9 Å². The summed E-state index contributed by atoms with van der Waals surface area (Å²) >= 11 is 0. The minimum Gasteiger partial charge on any atom is -0.497 e. The van der Waals surface area contributed by atoms with E-state index < -0.39 is 8.32 Å². The summed E-state index contributed by atoms with van der Waals surface area (Å²) in [5, 5.41) is 0. The second kappa shape index (κ2) is 5.36. The highest BCUT2D eigenvalue weighted by Gasteiger charge is 2.15. The van der Waals surface area contributed by atoms with Gasteiger partial charge in [0.1, 0.15) is 11.5 Å². The van der Waals surface area contributed by atoms with Crippen LogP contribution in [0.4, 0.5) is 0 Å². The average molecular weight is 240 g/mol. The van der Waals surface area contributed by atoms with Crippen molar-refractivity contribution in [2.75, 3.05) is 14.2 Å². The van der Waals surface area contributed by atoms with Crippen LogP contribution in [-0.2, 0) is 11.0 Å². The van der Waals surface area contributed by atoms with Gasteiger partial charge in [-0.05, 0) is 37.8 Å². The molecule has 90 valence electrons. The first-order valence-electron chi connectivity index (χ1n) is 5.31. The predicted octanol–water partition coefficient (Wildman–Crippen LogP) is 3.06. The van der Waals surface area contributed by atoms with Gasteiger partial charge in [0.2, 0.25) is 0 Å². The van der Waals surface area contributed by atoms with Crippen LogP contribution in [0.25, 0.3) is 0 Å². The van der Waals surface area contributed by atoms with Crippen molar-refractivity contribution in [3.63, 3.8) is 0 Å². The zero-order chi connectivity index (χ0) is 12.2. The molecular weight excluding hydrogens is 220 g/mol. The molecule has 0 aromatic heterocycles. The number of ether oxygens (including phenoxy) is 2. The average Bonchev–Trinajstić information content (AvgIpc) is 2.25. The molecule has 3 nitrogen and oxygen atoms in total. The maximum absolute atomic E-state index is 5.86. The van der Waals surface area contributed by atoms with Gasteiger partial charge in [-0.25, -0.2) is 0 Å². The van der Waals surface area contributed by atoms with Crippen LogP contribution in [0, 0.1) is 0 Å².